The Morgan fingerprint density at radius 2 is 1.18 bits per heavy atom. The van der Waals surface area contributed by atoms with Crippen LogP contribution >= 0.6 is 0 Å². The molecule has 0 saturated heterocycles. The highest BCUT2D eigenvalue weighted by molar-refractivity contribution is 5.87. The third kappa shape index (κ3) is 31.8. The number of aliphatic hydroxyl groups excluding tert-OH is 1. The van der Waals surface area contributed by atoms with Gasteiger partial charge in [-0.15, -0.1) is 0 Å². The van der Waals surface area contributed by atoms with Gasteiger partial charge < -0.3 is 25.6 Å². The first kappa shape index (κ1) is 45.8. The zero-order valence-electron chi connectivity index (χ0n) is 30.7. The molecule has 9 heteroatoms. The number of unbranched alkanes of at least 4 members (excludes halogenated alkanes) is 13. The summed E-state index contributed by atoms with van der Waals surface area (Å²) in [6.07, 6.45) is 38.7. The Bertz CT molecular complexity index is 974. The highest BCUT2D eigenvalue weighted by Crippen LogP contribution is 2.14. The number of hydrogen-bond donors (Lipinski definition) is 4. The number of rotatable bonds is 33. The van der Waals surface area contributed by atoms with Gasteiger partial charge in [-0.1, -0.05) is 114 Å². The standard InChI is InChI=1S/C40H68N2O7/c1-3-5-7-9-11-13-14-15-16-17-18-20-22-28-32-39(46)49-35(29-25-21-19-12-10-8-6-4-2)30-26-23-24-27-31-37(44)41-33-38(45)42-36(34-43)40(47)48/h9,11-12,14-15,19,25,29,35-36,43H,3-8,10,13,16-18,20-24,26-28,30-34H2,1-2H3,(H,41,44)(H,42,45)(H,47,48)/b11-9-,15-14-,19-12-,29-25-. The minimum Gasteiger partial charge on any atom is -0.480 e. The minimum atomic E-state index is -1.39. The Balaban J connectivity index is 4.37. The van der Waals surface area contributed by atoms with Gasteiger partial charge in [0.25, 0.3) is 0 Å². The van der Waals surface area contributed by atoms with Crippen molar-refractivity contribution < 1.29 is 34.1 Å². The number of carbonyl (C=O) groups excluding carboxylic acids is 3. The number of hydrogen-bond acceptors (Lipinski definition) is 6. The summed E-state index contributed by atoms with van der Waals surface area (Å²) < 4.78 is 5.85. The van der Waals surface area contributed by atoms with Crippen molar-refractivity contribution in [3.05, 3.63) is 48.6 Å². The van der Waals surface area contributed by atoms with Crippen LogP contribution in [0.3, 0.4) is 0 Å². The molecule has 0 aliphatic heterocycles. The van der Waals surface area contributed by atoms with E-state index < -0.39 is 24.5 Å². The van der Waals surface area contributed by atoms with Crippen molar-refractivity contribution in [2.24, 2.45) is 0 Å². The molecule has 0 aliphatic carbocycles. The lowest BCUT2D eigenvalue weighted by Crippen LogP contribution is -2.47. The maximum absolute atomic E-state index is 12.6. The van der Waals surface area contributed by atoms with Crippen LogP contribution in [0.25, 0.3) is 0 Å². The second kappa shape index (κ2) is 34.7. The Hall–Kier alpha value is -3.20. The minimum absolute atomic E-state index is 0.144. The molecular weight excluding hydrogens is 620 g/mol. The van der Waals surface area contributed by atoms with Crippen LogP contribution in [0.5, 0.6) is 0 Å². The van der Waals surface area contributed by atoms with Gasteiger partial charge in [0, 0.05) is 12.8 Å². The van der Waals surface area contributed by atoms with E-state index in [0.29, 0.717) is 12.8 Å². The molecule has 0 saturated carbocycles. The Kier molecular flexibility index (Phi) is 32.4. The number of nitrogens with one attached hydrogen (secondary N) is 2. The summed E-state index contributed by atoms with van der Waals surface area (Å²) in [4.78, 5) is 47.3. The van der Waals surface area contributed by atoms with Gasteiger partial charge >= 0.3 is 11.9 Å². The van der Waals surface area contributed by atoms with Crippen molar-refractivity contribution in [1.82, 2.24) is 10.6 Å². The van der Waals surface area contributed by atoms with Crippen LogP contribution in [0.1, 0.15) is 155 Å². The molecule has 0 fully saturated rings. The number of carboxylic acids is 1. The summed E-state index contributed by atoms with van der Waals surface area (Å²) in [6, 6.07) is -1.39. The van der Waals surface area contributed by atoms with Crippen molar-refractivity contribution in [2.45, 2.75) is 167 Å². The number of allylic oxidation sites excluding steroid dienone is 7. The fourth-order valence-corrected chi connectivity index (χ4v) is 5.03. The first-order chi connectivity index (χ1) is 23.8. The normalized spacial score (nSPS) is 13.0. The van der Waals surface area contributed by atoms with Crippen molar-refractivity contribution in [3.8, 4) is 0 Å². The third-order valence-corrected chi connectivity index (χ3v) is 8.03. The first-order valence-electron chi connectivity index (χ1n) is 19.0. The van der Waals surface area contributed by atoms with Crippen molar-refractivity contribution in [1.29, 1.82) is 0 Å². The maximum atomic E-state index is 12.6. The average Bonchev–Trinajstić information content (AvgIpc) is 3.08. The number of aliphatic hydroxyl groups is 1. The lowest BCUT2D eigenvalue weighted by molar-refractivity contribution is -0.147. The predicted molar refractivity (Wildman–Crippen MR) is 199 cm³/mol. The summed E-state index contributed by atoms with van der Waals surface area (Å²) in [7, 11) is 0. The van der Waals surface area contributed by atoms with Crippen LogP contribution in [-0.2, 0) is 23.9 Å². The number of ether oxygens (including phenoxy) is 1. The Morgan fingerprint density at radius 1 is 0.633 bits per heavy atom. The van der Waals surface area contributed by atoms with Gasteiger partial charge in [-0.05, 0) is 76.7 Å². The third-order valence-electron chi connectivity index (χ3n) is 8.03. The van der Waals surface area contributed by atoms with Crippen molar-refractivity contribution in [3.63, 3.8) is 0 Å². The van der Waals surface area contributed by atoms with E-state index in [0.717, 1.165) is 70.6 Å². The van der Waals surface area contributed by atoms with Gasteiger partial charge in [-0.25, -0.2) is 4.79 Å². The largest absolute Gasteiger partial charge is 0.480 e. The second-order valence-electron chi connectivity index (χ2n) is 12.7. The lowest BCUT2D eigenvalue weighted by Gasteiger charge is -2.15. The monoisotopic (exact) mass is 689 g/mol. The molecule has 0 aromatic rings. The zero-order chi connectivity index (χ0) is 36.2. The zero-order valence-corrected chi connectivity index (χ0v) is 30.7. The SMILES string of the molecule is CCCC/C=C\C/C=C\CCCCCCCC(=O)OC(/C=C\C/C=C\CCCCC)CCCCCCC(=O)NCC(=O)NC(CO)C(=O)O. The quantitative estimate of drug-likeness (QED) is 0.0308. The van der Waals surface area contributed by atoms with E-state index in [2.05, 4.69) is 67.0 Å². The Labute approximate surface area is 297 Å². The van der Waals surface area contributed by atoms with E-state index in [9.17, 15) is 19.2 Å². The van der Waals surface area contributed by atoms with Crippen molar-refractivity contribution in [2.75, 3.05) is 13.2 Å². The van der Waals surface area contributed by atoms with E-state index in [4.69, 9.17) is 14.9 Å². The molecule has 0 bridgehead atoms. The van der Waals surface area contributed by atoms with Crippen LogP contribution in [0, 0.1) is 0 Å². The molecular formula is C40H68N2O7. The second-order valence-corrected chi connectivity index (χ2v) is 12.7. The summed E-state index contributed by atoms with van der Waals surface area (Å²) in [5, 5.41) is 22.5. The van der Waals surface area contributed by atoms with Gasteiger partial charge in [0.05, 0.1) is 13.2 Å². The van der Waals surface area contributed by atoms with Gasteiger partial charge in [0.1, 0.15) is 12.1 Å². The maximum Gasteiger partial charge on any atom is 0.328 e. The summed E-state index contributed by atoms with van der Waals surface area (Å²) in [6.45, 7) is 3.35. The van der Waals surface area contributed by atoms with Crippen LogP contribution in [-0.4, -0.2) is 59.3 Å². The number of aliphatic carboxylic acids is 1. The van der Waals surface area contributed by atoms with Gasteiger partial charge in [0.15, 0.2) is 0 Å². The number of carboxylic acid groups (broad SMARTS) is 1. The molecule has 49 heavy (non-hydrogen) atoms. The van der Waals surface area contributed by atoms with Crippen LogP contribution < -0.4 is 10.6 Å². The smallest absolute Gasteiger partial charge is 0.328 e. The molecule has 0 rings (SSSR count). The predicted octanol–water partition coefficient (Wildman–Crippen LogP) is 8.42. The fourth-order valence-electron chi connectivity index (χ4n) is 5.03. The molecule has 280 valence electrons. The molecule has 0 spiro atoms. The fraction of sp³-hybridized carbons (Fsp3) is 0.700. The number of carbonyl (C=O) groups is 4. The molecule has 2 unspecified atom stereocenters. The Morgan fingerprint density at radius 3 is 1.82 bits per heavy atom. The highest BCUT2D eigenvalue weighted by Gasteiger charge is 2.18. The van der Waals surface area contributed by atoms with Gasteiger partial charge in [0.2, 0.25) is 11.8 Å². The van der Waals surface area contributed by atoms with E-state index in [-0.39, 0.29) is 30.9 Å². The molecule has 0 heterocycles. The lowest BCUT2D eigenvalue weighted by atomic mass is 10.1. The van der Waals surface area contributed by atoms with Crippen molar-refractivity contribution >= 4 is 23.8 Å². The van der Waals surface area contributed by atoms with E-state index >= 15 is 0 Å². The molecule has 0 aromatic carbocycles. The number of amides is 2. The molecule has 9 nitrogen and oxygen atoms in total. The summed E-state index contributed by atoms with van der Waals surface area (Å²) in [5.74, 6) is -2.45. The number of esters is 1. The molecule has 0 aromatic heterocycles. The van der Waals surface area contributed by atoms with E-state index in [1.54, 1.807) is 0 Å². The van der Waals surface area contributed by atoms with Gasteiger partial charge in [-0.2, -0.15) is 0 Å². The molecule has 2 atom stereocenters. The van der Waals surface area contributed by atoms with E-state index in [1.807, 2.05) is 6.08 Å². The van der Waals surface area contributed by atoms with Crippen LogP contribution in [0.4, 0.5) is 0 Å². The molecule has 0 aliphatic rings. The first-order valence-corrected chi connectivity index (χ1v) is 19.0. The van der Waals surface area contributed by atoms with E-state index in [1.165, 1.54) is 51.4 Å². The topological polar surface area (TPSA) is 142 Å². The molecule has 2 amide bonds. The molecule has 4 N–H and O–H groups in total. The van der Waals surface area contributed by atoms with Crippen LogP contribution in [0.2, 0.25) is 0 Å². The average molecular weight is 689 g/mol. The summed E-state index contributed by atoms with van der Waals surface area (Å²) in [5.41, 5.74) is 0. The summed E-state index contributed by atoms with van der Waals surface area (Å²) >= 11 is 0. The molecule has 0 radical (unpaired) electrons. The van der Waals surface area contributed by atoms with Gasteiger partial charge in [-0.3, -0.25) is 14.4 Å². The highest BCUT2D eigenvalue weighted by atomic mass is 16.5. The van der Waals surface area contributed by atoms with Crippen LogP contribution in [0.15, 0.2) is 48.6 Å².